The van der Waals surface area contributed by atoms with Crippen LogP contribution in [0, 0.1) is 23.7 Å². The normalized spacial score (nSPS) is 39.5. The first-order valence-corrected chi connectivity index (χ1v) is 7.89. The number of anilines is 1. The molecule has 0 amide bonds. The van der Waals surface area contributed by atoms with E-state index in [1.165, 1.54) is 32.1 Å². The molecule has 0 heterocycles. The summed E-state index contributed by atoms with van der Waals surface area (Å²) < 4.78 is 6.32. The topological polar surface area (TPSA) is 35.2 Å². The summed E-state index contributed by atoms with van der Waals surface area (Å²) in [5.41, 5.74) is 6.53. The highest BCUT2D eigenvalue weighted by Gasteiger charge is 2.49. The Labute approximate surface area is 120 Å². The zero-order valence-corrected chi connectivity index (χ0v) is 12.0. The lowest BCUT2D eigenvalue weighted by atomic mass is 9.55. The second-order valence-electron chi connectivity index (χ2n) is 6.73. The molecule has 102 valence electrons. The Balaban J connectivity index is 1.55. The molecule has 0 radical (unpaired) electrons. The van der Waals surface area contributed by atoms with Crippen LogP contribution >= 0.6 is 12.6 Å². The summed E-state index contributed by atoms with van der Waals surface area (Å²) in [5.74, 6) is 4.51. The van der Waals surface area contributed by atoms with Crippen molar-refractivity contribution in [2.45, 2.75) is 43.1 Å². The van der Waals surface area contributed by atoms with Gasteiger partial charge < -0.3 is 10.5 Å². The van der Waals surface area contributed by atoms with E-state index < -0.39 is 0 Å². The SMILES string of the molecule is Nc1ccc(OC2C3CC4CC(C3)CC2C4)cc1S. The Hall–Kier alpha value is -0.830. The number of hydrogen-bond donors (Lipinski definition) is 2. The van der Waals surface area contributed by atoms with Crippen molar-refractivity contribution < 1.29 is 4.74 Å². The Bertz CT molecular complexity index is 474. The van der Waals surface area contributed by atoms with Crippen LogP contribution < -0.4 is 10.5 Å². The van der Waals surface area contributed by atoms with Gasteiger partial charge in [-0.05, 0) is 74.0 Å². The van der Waals surface area contributed by atoms with Crippen LogP contribution in [0.4, 0.5) is 5.69 Å². The van der Waals surface area contributed by atoms with Crippen LogP contribution in [0.5, 0.6) is 5.75 Å². The Kier molecular flexibility index (Phi) is 2.73. The highest BCUT2D eigenvalue weighted by atomic mass is 32.1. The quantitative estimate of drug-likeness (QED) is 0.636. The lowest BCUT2D eigenvalue weighted by Gasteiger charge is -2.53. The maximum atomic E-state index is 6.32. The molecule has 2 nitrogen and oxygen atoms in total. The Morgan fingerprint density at radius 2 is 1.63 bits per heavy atom. The van der Waals surface area contributed by atoms with Gasteiger partial charge >= 0.3 is 0 Å². The molecule has 0 spiro atoms. The molecule has 1 aromatic rings. The number of rotatable bonds is 2. The van der Waals surface area contributed by atoms with E-state index in [-0.39, 0.29) is 0 Å². The second-order valence-corrected chi connectivity index (χ2v) is 7.22. The smallest absolute Gasteiger partial charge is 0.121 e. The van der Waals surface area contributed by atoms with E-state index in [1.54, 1.807) is 0 Å². The molecule has 3 heteroatoms. The van der Waals surface area contributed by atoms with Gasteiger partial charge in [0.1, 0.15) is 11.9 Å². The van der Waals surface area contributed by atoms with Crippen molar-refractivity contribution in [3.05, 3.63) is 18.2 Å². The molecule has 19 heavy (non-hydrogen) atoms. The third-order valence-electron chi connectivity index (χ3n) is 5.41. The first-order chi connectivity index (χ1) is 9.19. The lowest BCUT2D eigenvalue weighted by Crippen LogP contribution is -2.50. The molecule has 2 N–H and O–H groups in total. The predicted molar refractivity (Wildman–Crippen MR) is 79.6 cm³/mol. The summed E-state index contributed by atoms with van der Waals surface area (Å²) in [6, 6.07) is 5.84. The van der Waals surface area contributed by atoms with Gasteiger partial charge in [0.25, 0.3) is 0 Å². The Morgan fingerprint density at radius 1 is 1.00 bits per heavy atom. The van der Waals surface area contributed by atoms with E-state index in [0.717, 1.165) is 40.0 Å². The number of benzene rings is 1. The van der Waals surface area contributed by atoms with E-state index in [1.807, 2.05) is 18.2 Å². The number of nitrogen functional groups attached to an aromatic ring is 1. The number of ether oxygens (including phenoxy) is 1. The third-order valence-corrected chi connectivity index (χ3v) is 5.80. The maximum absolute atomic E-state index is 6.32. The molecule has 0 unspecified atom stereocenters. The van der Waals surface area contributed by atoms with Crippen molar-refractivity contribution in [2.75, 3.05) is 5.73 Å². The summed E-state index contributed by atoms with van der Waals surface area (Å²) in [6.07, 6.45) is 7.48. The average molecular weight is 275 g/mol. The summed E-state index contributed by atoms with van der Waals surface area (Å²) in [4.78, 5) is 0.821. The molecular formula is C16H21NOS. The molecule has 0 saturated heterocycles. The molecule has 4 bridgehead atoms. The van der Waals surface area contributed by atoms with E-state index >= 15 is 0 Å². The fraction of sp³-hybridized carbons (Fsp3) is 0.625. The largest absolute Gasteiger partial charge is 0.490 e. The molecule has 4 fully saturated rings. The Morgan fingerprint density at radius 3 is 2.21 bits per heavy atom. The standard InChI is InChI=1S/C16H21NOS/c17-14-2-1-13(8-15(14)19)18-16-11-4-9-3-10(6-11)7-12(16)5-9/h1-2,8-12,16,19H,3-7,17H2. The summed E-state index contributed by atoms with van der Waals surface area (Å²) >= 11 is 4.38. The third kappa shape index (κ3) is 2.03. The predicted octanol–water partition coefficient (Wildman–Crippen LogP) is 3.76. The fourth-order valence-corrected chi connectivity index (χ4v) is 5.02. The summed E-state index contributed by atoms with van der Waals surface area (Å²) in [6.45, 7) is 0. The molecular weight excluding hydrogens is 254 g/mol. The van der Waals surface area contributed by atoms with Crippen LogP contribution in [0.1, 0.15) is 32.1 Å². The van der Waals surface area contributed by atoms with Crippen molar-refractivity contribution >= 4 is 18.3 Å². The van der Waals surface area contributed by atoms with Crippen LogP contribution in [0.15, 0.2) is 23.1 Å². The minimum atomic E-state index is 0.434. The highest BCUT2D eigenvalue weighted by molar-refractivity contribution is 7.80. The van der Waals surface area contributed by atoms with Crippen molar-refractivity contribution in [1.82, 2.24) is 0 Å². The first-order valence-electron chi connectivity index (χ1n) is 7.44. The van der Waals surface area contributed by atoms with Crippen molar-refractivity contribution in [2.24, 2.45) is 23.7 Å². The summed E-state index contributed by atoms with van der Waals surface area (Å²) in [7, 11) is 0. The van der Waals surface area contributed by atoms with Crippen LogP contribution in [-0.4, -0.2) is 6.10 Å². The molecule has 4 aliphatic rings. The van der Waals surface area contributed by atoms with Crippen molar-refractivity contribution in [3.63, 3.8) is 0 Å². The van der Waals surface area contributed by atoms with Crippen LogP contribution in [-0.2, 0) is 0 Å². The van der Waals surface area contributed by atoms with Crippen LogP contribution in [0.25, 0.3) is 0 Å². The average Bonchev–Trinajstić information content (AvgIpc) is 2.37. The van der Waals surface area contributed by atoms with Crippen molar-refractivity contribution in [1.29, 1.82) is 0 Å². The number of thiol groups is 1. The van der Waals surface area contributed by atoms with Gasteiger partial charge in [0.05, 0.1) is 0 Å². The monoisotopic (exact) mass is 275 g/mol. The van der Waals surface area contributed by atoms with E-state index in [4.69, 9.17) is 10.5 Å². The molecule has 4 aliphatic carbocycles. The molecule has 0 aliphatic heterocycles. The van der Waals surface area contributed by atoms with Gasteiger partial charge in [-0.25, -0.2) is 0 Å². The van der Waals surface area contributed by atoms with Crippen LogP contribution in [0.3, 0.4) is 0 Å². The van der Waals surface area contributed by atoms with E-state index in [0.29, 0.717) is 6.10 Å². The molecule has 5 rings (SSSR count). The van der Waals surface area contributed by atoms with Gasteiger partial charge in [-0.2, -0.15) is 0 Å². The zero-order chi connectivity index (χ0) is 13.0. The van der Waals surface area contributed by atoms with Crippen molar-refractivity contribution in [3.8, 4) is 5.75 Å². The second kappa shape index (κ2) is 4.34. The molecule has 0 atom stereocenters. The van der Waals surface area contributed by atoms with Gasteiger partial charge in [0.2, 0.25) is 0 Å². The van der Waals surface area contributed by atoms with Gasteiger partial charge in [-0.3, -0.25) is 0 Å². The summed E-state index contributed by atoms with van der Waals surface area (Å²) in [5, 5.41) is 0. The molecule has 0 aromatic heterocycles. The van der Waals surface area contributed by atoms with Gasteiger partial charge in [0.15, 0.2) is 0 Å². The zero-order valence-electron chi connectivity index (χ0n) is 11.1. The van der Waals surface area contributed by atoms with Crippen LogP contribution in [0.2, 0.25) is 0 Å². The van der Waals surface area contributed by atoms with Gasteiger partial charge in [0, 0.05) is 10.6 Å². The van der Waals surface area contributed by atoms with E-state index in [2.05, 4.69) is 12.6 Å². The van der Waals surface area contributed by atoms with E-state index in [9.17, 15) is 0 Å². The lowest BCUT2D eigenvalue weighted by molar-refractivity contribution is -0.0790. The van der Waals surface area contributed by atoms with Gasteiger partial charge in [-0.15, -0.1) is 12.6 Å². The fourth-order valence-electron chi connectivity index (χ4n) is 4.82. The highest BCUT2D eigenvalue weighted by Crippen LogP contribution is 2.54. The minimum absolute atomic E-state index is 0.434. The molecule has 1 aromatic carbocycles. The molecule has 4 saturated carbocycles. The number of hydrogen-bond acceptors (Lipinski definition) is 3. The number of nitrogens with two attached hydrogens (primary N) is 1. The maximum Gasteiger partial charge on any atom is 0.121 e. The van der Waals surface area contributed by atoms with Gasteiger partial charge in [-0.1, -0.05) is 0 Å². The minimum Gasteiger partial charge on any atom is -0.490 e. The first kappa shape index (κ1) is 12.0.